The molecule has 3 aromatic carbocycles. The van der Waals surface area contributed by atoms with Gasteiger partial charge in [0.25, 0.3) is 0 Å². The summed E-state index contributed by atoms with van der Waals surface area (Å²) in [4.78, 5) is 11.7. The molecule has 3 nitrogen and oxygen atoms in total. The van der Waals surface area contributed by atoms with Crippen molar-refractivity contribution in [3.8, 4) is 11.1 Å². The molecule has 1 aliphatic carbocycles. The van der Waals surface area contributed by atoms with Gasteiger partial charge < -0.3 is 0 Å². The summed E-state index contributed by atoms with van der Waals surface area (Å²) in [7, 11) is 0. The number of benzene rings is 3. The quantitative estimate of drug-likeness (QED) is 0.250. The third-order valence-corrected chi connectivity index (χ3v) is 6.20. The van der Waals surface area contributed by atoms with Gasteiger partial charge in [-0.25, -0.2) is 14.7 Å². The Morgan fingerprint density at radius 2 is 1.58 bits per heavy atom. The molecule has 0 aliphatic heterocycles. The molecule has 7 heteroatoms. The topological polar surface area (TPSA) is 21.6 Å². The predicted molar refractivity (Wildman–Crippen MR) is 115 cm³/mol. The number of halogens is 3. The van der Waals surface area contributed by atoms with E-state index in [9.17, 15) is 13.2 Å². The highest BCUT2D eigenvalue weighted by Crippen LogP contribution is 2.50. The zero-order valence-electron chi connectivity index (χ0n) is 15.7. The van der Waals surface area contributed by atoms with Crippen LogP contribution in [-0.4, -0.2) is 4.98 Å². The summed E-state index contributed by atoms with van der Waals surface area (Å²) >= 11 is 1.37. The van der Waals surface area contributed by atoms with Gasteiger partial charge in [-0.2, -0.15) is 13.2 Å². The molecule has 4 aromatic rings. The number of rotatable bonds is 1. The van der Waals surface area contributed by atoms with E-state index in [1.807, 2.05) is 24.3 Å². The van der Waals surface area contributed by atoms with Crippen molar-refractivity contribution in [1.82, 2.24) is 4.98 Å². The van der Waals surface area contributed by atoms with Crippen LogP contribution in [0.4, 0.5) is 18.9 Å². The molecule has 0 bridgehead atoms. The number of aromatic nitrogens is 1. The Morgan fingerprint density at radius 3 is 2.26 bits per heavy atom. The molecule has 5 rings (SSSR count). The fourth-order valence-electron chi connectivity index (χ4n) is 3.79. The van der Waals surface area contributed by atoms with Gasteiger partial charge in [0.15, 0.2) is 5.69 Å². The lowest BCUT2D eigenvalue weighted by molar-refractivity contribution is -0.137. The molecule has 0 saturated heterocycles. The van der Waals surface area contributed by atoms with Gasteiger partial charge in [0.05, 0.1) is 28.9 Å². The van der Waals surface area contributed by atoms with Crippen LogP contribution in [0.5, 0.6) is 0 Å². The van der Waals surface area contributed by atoms with E-state index in [2.05, 4.69) is 14.7 Å². The molecule has 0 radical (unpaired) electrons. The lowest BCUT2D eigenvalue weighted by Gasteiger charge is -2.10. The van der Waals surface area contributed by atoms with E-state index in [-0.39, 0.29) is 5.70 Å². The Kier molecular flexibility index (Phi) is 4.18. The SMILES string of the molecule is [C-]#[N+]C(=C1c2ccc([N+]#[C-])cc2-c2cc(C(F)(F)F)ccc21)c1nc2ccccc2s1. The summed E-state index contributed by atoms with van der Waals surface area (Å²) in [5.41, 5.74) is 3.21. The second-order valence-corrected chi connectivity index (χ2v) is 7.95. The first-order valence-corrected chi connectivity index (χ1v) is 9.94. The molecule has 1 heterocycles. The molecule has 148 valence electrons. The molecule has 0 unspecified atom stereocenters. The van der Waals surface area contributed by atoms with Gasteiger partial charge in [-0.1, -0.05) is 30.3 Å². The first-order valence-electron chi connectivity index (χ1n) is 9.12. The Labute approximate surface area is 179 Å². The molecule has 0 saturated carbocycles. The number of nitrogens with zero attached hydrogens (tertiary/aromatic N) is 3. The third kappa shape index (κ3) is 2.99. The lowest BCUT2D eigenvalue weighted by atomic mass is 10.0. The summed E-state index contributed by atoms with van der Waals surface area (Å²) in [6.07, 6.45) is -4.49. The smallest absolute Gasteiger partial charge is 0.248 e. The molecule has 1 aliphatic rings. The molecule has 0 fully saturated rings. The monoisotopic (exact) mass is 429 g/mol. The van der Waals surface area contributed by atoms with Crippen molar-refractivity contribution < 1.29 is 13.2 Å². The predicted octanol–water partition coefficient (Wildman–Crippen LogP) is 7.68. The van der Waals surface area contributed by atoms with Crippen molar-refractivity contribution in [2.24, 2.45) is 0 Å². The van der Waals surface area contributed by atoms with Crippen LogP contribution in [0.25, 0.3) is 42.3 Å². The Morgan fingerprint density at radius 1 is 0.871 bits per heavy atom. The number of hydrogen-bond donors (Lipinski definition) is 0. The molecular weight excluding hydrogens is 419 g/mol. The van der Waals surface area contributed by atoms with Crippen LogP contribution in [0, 0.1) is 13.1 Å². The van der Waals surface area contributed by atoms with Crippen LogP contribution in [0.1, 0.15) is 21.7 Å². The van der Waals surface area contributed by atoms with Crippen molar-refractivity contribution in [3.05, 3.63) is 105 Å². The Bertz CT molecular complexity index is 1460. The van der Waals surface area contributed by atoms with Crippen LogP contribution in [-0.2, 0) is 6.18 Å². The van der Waals surface area contributed by atoms with Crippen molar-refractivity contribution in [3.63, 3.8) is 0 Å². The summed E-state index contributed by atoms with van der Waals surface area (Å²) in [5.74, 6) is 0. The molecule has 31 heavy (non-hydrogen) atoms. The highest BCUT2D eigenvalue weighted by atomic mass is 32.1. The highest BCUT2D eigenvalue weighted by Gasteiger charge is 2.34. The summed E-state index contributed by atoms with van der Waals surface area (Å²) in [6.45, 7) is 15.1. The summed E-state index contributed by atoms with van der Waals surface area (Å²) in [6, 6.07) is 15.9. The second kappa shape index (κ2) is 6.80. The van der Waals surface area contributed by atoms with Gasteiger partial charge in [-0.3, -0.25) is 0 Å². The average molecular weight is 429 g/mol. The van der Waals surface area contributed by atoms with Crippen molar-refractivity contribution >= 4 is 38.5 Å². The number of alkyl halides is 3. The standard InChI is InChI=1S/C24H10F3N3S/c1-28-14-8-10-16-18(12-14)17-11-13(24(25,26)27)7-9-15(17)21(16)22(29-2)23-30-19-5-3-4-6-20(19)31-23/h3-12H. The van der Waals surface area contributed by atoms with Crippen molar-refractivity contribution in [2.75, 3.05) is 0 Å². The van der Waals surface area contributed by atoms with Crippen LogP contribution < -0.4 is 0 Å². The van der Waals surface area contributed by atoms with Crippen LogP contribution in [0.3, 0.4) is 0 Å². The van der Waals surface area contributed by atoms with E-state index in [0.29, 0.717) is 38.5 Å². The van der Waals surface area contributed by atoms with Crippen LogP contribution in [0.15, 0.2) is 60.7 Å². The normalized spacial score (nSPS) is 14.0. The number of fused-ring (bicyclic) bond motifs is 4. The summed E-state index contributed by atoms with van der Waals surface area (Å²) in [5, 5.41) is 0.513. The van der Waals surface area contributed by atoms with E-state index in [0.717, 1.165) is 22.3 Å². The highest BCUT2D eigenvalue weighted by molar-refractivity contribution is 7.19. The number of para-hydroxylation sites is 1. The number of hydrogen-bond acceptors (Lipinski definition) is 2. The lowest BCUT2D eigenvalue weighted by Crippen LogP contribution is -2.04. The maximum Gasteiger partial charge on any atom is 0.416 e. The van der Waals surface area contributed by atoms with E-state index >= 15 is 0 Å². The van der Waals surface area contributed by atoms with Gasteiger partial charge in [0, 0.05) is 0 Å². The molecular formula is C24H10F3N3S. The minimum Gasteiger partial charge on any atom is -0.248 e. The zero-order valence-corrected chi connectivity index (χ0v) is 16.5. The second-order valence-electron chi connectivity index (χ2n) is 6.92. The van der Waals surface area contributed by atoms with E-state index < -0.39 is 11.7 Å². The molecule has 0 amide bonds. The van der Waals surface area contributed by atoms with Gasteiger partial charge in [0.1, 0.15) is 5.01 Å². The largest absolute Gasteiger partial charge is 0.416 e. The average Bonchev–Trinajstić information content (AvgIpc) is 3.33. The third-order valence-electron chi connectivity index (χ3n) is 5.15. The van der Waals surface area contributed by atoms with E-state index in [1.54, 1.807) is 18.2 Å². The van der Waals surface area contributed by atoms with Gasteiger partial charge in [0.2, 0.25) is 5.70 Å². The maximum atomic E-state index is 13.4. The molecule has 0 N–H and O–H groups in total. The van der Waals surface area contributed by atoms with E-state index in [4.69, 9.17) is 13.1 Å². The van der Waals surface area contributed by atoms with Gasteiger partial charge in [-0.15, -0.1) is 11.3 Å². The Hall–Kier alpha value is -3.94. The minimum absolute atomic E-state index is 0.288. The van der Waals surface area contributed by atoms with Crippen molar-refractivity contribution in [1.29, 1.82) is 0 Å². The van der Waals surface area contributed by atoms with Crippen LogP contribution in [0.2, 0.25) is 0 Å². The van der Waals surface area contributed by atoms with E-state index in [1.165, 1.54) is 17.4 Å². The first-order chi connectivity index (χ1) is 14.9. The molecule has 1 aromatic heterocycles. The first kappa shape index (κ1) is 19.0. The van der Waals surface area contributed by atoms with Crippen LogP contribution >= 0.6 is 11.3 Å². The van der Waals surface area contributed by atoms with Crippen molar-refractivity contribution in [2.45, 2.75) is 6.18 Å². The molecule has 0 atom stereocenters. The molecule has 0 spiro atoms. The van der Waals surface area contributed by atoms with Gasteiger partial charge >= 0.3 is 6.18 Å². The fourth-order valence-corrected chi connectivity index (χ4v) is 4.75. The Balaban J connectivity index is 1.84. The number of thiazole rings is 1. The maximum absolute atomic E-state index is 13.4. The zero-order chi connectivity index (χ0) is 21.8. The summed E-state index contributed by atoms with van der Waals surface area (Å²) < 4.78 is 41.0. The van der Waals surface area contributed by atoms with Gasteiger partial charge in [-0.05, 0) is 58.2 Å². The fraction of sp³-hybridized carbons (Fsp3) is 0.0417. The minimum atomic E-state index is -4.49.